The highest BCUT2D eigenvalue weighted by atomic mass is 127. The van der Waals surface area contributed by atoms with Gasteiger partial charge in [-0.15, -0.1) is 0 Å². The van der Waals surface area contributed by atoms with Crippen molar-refractivity contribution in [1.29, 1.82) is 0 Å². The topological polar surface area (TPSA) is 47.4 Å². The molecule has 0 atom stereocenters. The summed E-state index contributed by atoms with van der Waals surface area (Å²) in [5.74, 6) is 0. The number of benzene rings is 2. The molecule has 7 heteroatoms. The molecular formula is C18H15ClIN3O2. The highest BCUT2D eigenvalue weighted by molar-refractivity contribution is 14.1. The van der Waals surface area contributed by atoms with Gasteiger partial charge in [0.25, 0.3) is 5.56 Å². The van der Waals surface area contributed by atoms with Crippen LogP contribution in [-0.4, -0.2) is 35.9 Å². The molecule has 0 saturated carbocycles. The third-order valence-corrected chi connectivity index (χ3v) is 5.20. The van der Waals surface area contributed by atoms with Crippen molar-refractivity contribution >= 4 is 50.8 Å². The van der Waals surface area contributed by atoms with Crippen LogP contribution in [0.25, 0.3) is 16.6 Å². The van der Waals surface area contributed by atoms with E-state index in [4.69, 9.17) is 16.3 Å². The lowest BCUT2D eigenvalue weighted by Crippen LogP contribution is -2.36. The van der Waals surface area contributed by atoms with E-state index in [-0.39, 0.29) is 10.8 Å². The molecule has 2 aromatic carbocycles. The van der Waals surface area contributed by atoms with Crippen molar-refractivity contribution in [2.75, 3.05) is 31.2 Å². The maximum Gasteiger partial charge on any atom is 0.266 e. The first kappa shape index (κ1) is 16.8. The second kappa shape index (κ2) is 6.93. The molecular weight excluding hydrogens is 453 g/mol. The van der Waals surface area contributed by atoms with Crippen LogP contribution < -0.4 is 10.5 Å². The zero-order valence-corrected chi connectivity index (χ0v) is 16.2. The average Bonchev–Trinajstić information content (AvgIpc) is 2.64. The smallest absolute Gasteiger partial charge is 0.266 e. The fourth-order valence-corrected chi connectivity index (χ4v) is 3.75. The number of anilines is 1. The number of aromatic nitrogens is 2. The van der Waals surface area contributed by atoms with Gasteiger partial charge in [0.2, 0.25) is 5.28 Å². The van der Waals surface area contributed by atoms with Crippen molar-refractivity contribution in [3.8, 4) is 5.69 Å². The summed E-state index contributed by atoms with van der Waals surface area (Å²) in [6.07, 6.45) is 0. The number of fused-ring (bicyclic) bond motifs is 1. The second-order valence-electron chi connectivity index (χ2n) is 5.80. The molecule has 0 bridgehead atoms. The Labute approximate surface area is 163 Å². The Morgan fingerprint density at radius 3 is 2.44 bits per heavy atom. The predicted molar refractivity (Wildman–Crippen MR) is 108 cm³/mol. The summed E-state index contributed by atoms with van der Waals surface area (Å²) in [6.45, 7) is 3.21. The molecule has 1 saturated heterocycles. The average molecular weight is 468 g/mol. The van der Waals surface area contributed by atoms with Crippen LogP contribution in [0, 0.1) is 3.57 Å². The second-order valence-corrected chi connectivity index (χ2v) is 7.38. The standard InChI is InChI=1S/C18H15ClIN3O2/c19-18-21-16-6-1-12(20)11-15(16)17(24)23(18)14-4-2-13(3-5-14)22-7-9-25-10-8-22/h1-6,11H,7-10H2. The van der Waals surface area contributed by atoms with Crippen molar-refractivity contribution in [1.82, 2.24) is 9.55 Å². The van der Waals surface area contributed by atoms with E-state index in [0.717, 1.165) is 35.6 Å². The zero-order chi connectivity index (χ0) is 17.4. The lowest BCUT2D eigenvalue weighted by molar-refractivity contribution is 0.122. The minimum atomic E-state index is -0.160. The molecule has 1 aliphatic rings. The van der Waals surface area contributed by atoms with E-state index in [9.17, 15) is 4.79 Å². The van der Waals surface area contributed by atoms with Gasteiger partial charge in [-0.3, -0.25) is 9.36 Å². The molecule has 1 fully saturated rings. The number of halogens is 2. The molecule has 0 radical (unpaired) electrons. The summed E-state index contributed by atoms with van der Waals surface area (Å²) in [6, 6.07) is 13.4. The van der Waals surface area contributed by atoms with Crippen LogP contribution in [0.3, 0.4) is 0 Å². The number of nitrogens with zero attached hydrogens (tertiary/aromatic N) is 3. The highest BCUT2D eigenvalue weighted by Gasteiger charge is 2.14. The number of morpholine rings is 1. The maximum absolute atomic E-state index is 12.9. The lowest BCUT2D eigenvalue weighted by Gasteiger charge is -2.29. The predicted octanol–water partition coefficient (Wildman–Crippen LogP) is 3.48. The van der Waals surface area contributed by atoms with Gasteiger partial charge < -0.3 is 9.64 Å². The van der Waals surface area contributed by atoms with Gasteiger partial charge in [0.05, 0.1) is 29.8 Å². The van der Waals surface area contributed by atoms with Crippen LogP contribution in [0.2, 0.25) is 5.28 Å². The van der Waals surface area contributed by atoms with E-state index in [1.165, 1.54) is 4.57 Å². The van der Waals surface area contributed by atoms with Gasteiger partial charge in [-0.1, -0.05) is 0 Å². The van der Waals surface area contributed by atoms with Gasteiger partial charge >= 0.3 is 0 Å². The van der Waals surface area contributed by atoms with Crippen LogP contribution in [0.4, 0.5) is 5.69 Å². The van der Waals surface area contributed by atoms with E-state index < -0.39 is 0 Å². The molecule has 0 spiro atoms. The highest BCUT2D eigenvalue weighted by Crippen LogP contribution is 2.21. The monoisotopic (exact) mass is 467 g/mol. The third kappa shape index (κ3) is 3.26. The van der Waals surface area contributed by atoms with Crippen LogP contribution in [-0.2, 0) is 4.74 Å². The normalized spacial score (nSPS) is 14.9. The van der Waals surface area contributed by atoms with Gasteiger partial charge in [0.1, 0.15) is 0 Å². The Bertz CT molecular complexity index is 982. The fourth-order valence-electron chi connectivity index (χ4n) is 2.99. The van der Waals surface area contributed by atoms with Crippen molar-refractivity contribution in [3.05, 3.63) is 61.7 Å². The summed E-state index contributed by atoms with van der Waals surface area (Å²) < 4.78 is 7.82. The summed E-state index contributed by atoms with van der Waals surface area (Å²) in [4.78, 5) is 19.5. The van der Waals surface area contributed by atoms with Crippen LogP contribution in [0.5, 0.6) is 0 Å². The first-order chi connectivity index (χ1) is 12.1. The molecule has 4 rings (SSSR count). The Kier molecular flexibility index (Phi) is 4.66. The number of hydrogen-bond acceptors (Lipinski definition) is 4. The SMILES string of the molecule is O=c1c2cc(I)ccc2nc(Cl)n1-c1ccc(N2CCOCC2)cc1. The van der Waals surface area contributed by atoms with Crippen LogP contribution in [0.1, 0.15) is 0 Å². The number of ether oxygens (including phenoxy) is 1. The quantitative estimate of drug-likeness (QED) is 0.428. The van der Waals surface area contributed by atoms with E-state index in [1.807, 2.05) is 42.5 Å². The van der Waals surface area contributed by atoms with E-state index in [2.05, 4.69) is 32.5 Å². The molecule has 3 aromatic rings. The number of hydrogen-bond donors (Lipinski definition) is 0. The Morgan fingerprint density at radius 1 is 1.04 bits per heavy atom. The minimum absolute atomic E-state index is 0.160. The van der Waals surface area contributed by atoms with Crippen LogP contribution in [0.15, 0.2) is 47.3 Å². The summed E-state index contributed by atoms with van der Waals surface area (Å²) >= 11 is 8.48. The fraction of sp³-hybridized carbons (Fsp3) is 0.222. The van der Waals surface area contributed by atoms with Crippen molar-refractivity contribution in [2.45, 2.75) is 0 Å². The molecule has 1 aromatic heterocycles. The molecule has 5 nitrogen and oxygen atoms in total. The lowest BCUT2D eigenvalue weighted by atomic mass is 10.2. The summed E-state index contributed by atoms with van der Waals surface area (Å²) in [5, 5.41) is 0.728. The Balaban J connectivity index is 1.77. The maximum atomic E-state index is 12.9. The van der Waals surface area contributed by atoms with Crippen molar-refractivity contribution < 1.29 is 4.74 Å². The number of rotatable bonds is 2. The van der Waals surface area contributed by atoms with E-state index >= 15 is 0 Å². The van der Waals surface area contributed by atoms with Gasteiger partial charge in [-0.05, 0) is 76.7 Å². The van der Waals surface area contributed by atoms with Gasteiger partial charge in [-0.25, -0.2) is 4.98 Å². The molecule has 0 aliphatic carbocycles. The van der Waals surface area contributed by atoms with Crippen LogP contribution >= 0.6 is 34.2 Å². The first-order valence-corrected chi connectivity index (χ1v) is 9.40. The summed E-state index contributed by atoms with van der Waals surface area (Å²) in [7, 11) is 0. The van der Waals surface area contributed by atoms with Gasteiger partial charge in [-0.2, -0.15) is 0 Å². The first-order valence-electron chi connectivity index (χ1n) is 7.94. The van der Waals surface area contributed by atoms with Gasteiger partial charge in [0, 0.05) is 22.3 Å². The zero-order valence-electron chi connectivity index (χ0n) is 13.3. The molecule has 0 amide bonds. The minimum Gasteiger partial charge on any atom is -0.378 e. The van der Waals surface area contributed by atoms with E-state index in [0.29, 0.717) is 16.6 Å². The molecule has 1 aliphatic heterocycles. The molecule has 128 valence electrons. The third-order valence-electron chi connectivity index (χ3n) is 4.27. The van der Waals surface area contributed by atoms with E-state index in [1.54, 1.807) is 0 Å². The molecule has 25 heavy (non-hydrogen) atoms. The molecule has 0 N–H and O–H groups in total. The Morgan fingerprint density at radius 2 is 1.72 bits per heavy atom. The Hall–Kier alpha value is -1.64. The largest absolute Gasteiger partial charge is 0.378 e. The van der Waals surface area contributed by atoms with Crippen molar-refractivity contribution in [2.24, 2.45) is 0 Å². The molecule has 0 unspecified atom stereocenters. The summed E-state index contributed by atoms with van der Waals surface area (Å²) in [5.41, 5.74) is 2.27. The van der Waals surface area contributed by atoms with Gasteiger partial charge in [0.15, 0.2) is 0 Å². The van der Waals surface area contributed by atoms with Crippen molar-refractivity contribution in [3.63, 3.8) is 0 Å². The molecule has 2 heterocycles.